The first-order chi connectivity index (χ1) is 9.90. The maximum atomic E-state index is 12.0. The Labute approximate surface area is 129 Å². The minimum absolute atomic E-state index is 0.122. The van der Waals surface area contributed by atoms with Gasteiger partial charge in [0.1, 0.15) is 6.61 Å². The Kier molecular flexibility index (Phi) is 4.73. The van der Waals surface area contributed by atoms with Crippen molar-refractivity contribution >= 4 is 23.6 Å². The molecule has 1 heterocycles. The Morgan fingerprint density at radius 1 is 1.43 bits per heavy atom. The molecule has 0 atom stereocenters. The maximum Gasteiger partial charge on any atom is 0.410 e. The van der Waals surface area contributed by atoms with Gasteiger partial charge in [-0.25, -0.2) is 4.79 Å². The van der Waals surface area contributed by atoms with Gasteiger partial charge in [-0.15, -0.1) is 0 Å². The number of halogens is 1. The molecule has 0 spiro atoms. The average molecular weight is 311 g/mol. The SMILES string of the molecule is CC(C)(CNC(=O)Cc1ccccc1Cl)N1CCOC1=O. The van der Waals surface area contributed by atoms with E-state index in [-0.39, 0.29) is 18.4 Å². The van der Waals surface area contributed by atoms with Crippen molar-refractivity contribution in [2.45, 2.75) is 25.8 Å². The van der Waals surface area contributed by atoms with Crippen LogP contribution in [0.5, 0.6) is 0 Å². The zero-order chi connectivity index (χ0) is 15.5. The van der Waals surface area contributed by atoms with Gasteiger partial charge in [0, 0.05) is 11.6 Å². The number of hydrogen-bond donors (Lipinski definition) is 1. The van der Waals surface area contributed by atoms with E-state index in [4.69, 9.17) is 16.3 Å². The topological polar surface area (TPSA) is 58.6 Å². The largest absolute Gasteiger partial charge is 0.448 e. The summed E-state index contributed by atoms with van der Waals surface area (Å²) in [6.07, 6.45) is -0.111. The van der Waals surface area contributed by atoms with Crippen molar-refractivity contribution in [3.05, 3.63) is 34.9 Å². The number of ether oxygens (including phenoxy) is 1. The maximum absolute atomic E-state index is 12.0. The summed E-state index contributed by atoms with van der Waals surface area (Å²) in [6, 6.07) is 7.25. The number of cyclic esters (lactones) is 1. The molecule has 0 radical (unpaired) electrons. The second-order valence-corrected chi connectivity index (χ2v) is 6.03. The van der Waals surface area contributed by atoms with Gasteiger partial charge >= 0.3 is 6.09 Å². The highest BCUT2D eigenvalue weighted by molar-refractivity contribution is 6.31. The Hall–Kier alpha value is -1.75. The number of carbonyl (C=O) groups is 2. The lowest BCUT2D eigenvalue weighted by Crippen LogP contribution is -2.52. The van der Waals surface area contributed by atoms with E-state index in [1.54, 1.807) is 11.0 Å². The summed E-state index contributed by atoms with van der Waals surface area (Å²) < 4.78 is 4.93. The van der Waals surface area contributed by atoms with Gasteiger partial charge in [-0.1, -0.05) is 29.8 Å². The molecular weight excluding hydrogens is 292 g/mol. The average Bonchev–Trinajstić information content (AvgIpc) is 2.86. The van der Waals surface area contributed by atoms with E-state index in [1.807, 2.05) is 32.0 Å². The van der Waals surface area contributed by atoms with Crippen LogP contribution in [0, 0.1) is 0 Å². The molecule has 1 aromatic rings. The lowest BCUT2D eigenvalue weighted by atomic mass is 10.0. The van der Waals surface area contributed by atoms with Crippen LogP contribution in [0.25, 0.3) is 0 Å². The van der Waals surface area contributed by atoms with Crippen molar-refractivity contribution in [2.24, 2.45) is 0 Å². The van der Waals surface area contributed by atoms with Gasteiger partial charge in [0.15, 0.2) is 0 Å². The zero-order valence-corrected chi connectivity index (χ0v) is 12.9. The number of hydrogen-bond acceptors (Lipinski definition) is 3. The zero-order valence-electron chi connectivity index (χ0n) is 12.2. The molecule has 0 aliphatic carbocycles. The third-order valence-electron chi connectivity index (χ3n) is 3.52. The molecule has 5 nitrogen and oxygen atoms in total. The van der Waals surface area contributed by atoms with E-state index < -0.39 is 5.54 Å². The van der Waals surface area contributed by atoms with Crippen molar-refractivity contribution in [1.82, 2.24) is 10.2 Å². The normalized spacial score (nSPS) is 15.0. The van der Waals surface area contributed by atoms with Gasteiger partial charge in [-0.05, 0) is 25.5 Å². The number of nitrogens with zero attached hydrogens (tertiary/aromatic N) is 1. The number of nitrogens with one attached hydrogen (secondary N) is 1. The predicted molar refractivity (Wildman–Crippen MR) is 80.3 cm³/mol. The van der Waals surface area contributed by atoms with Gasteiger partial charge in [0.2, 0.25) is 5.91 Å². The molecule has 1 saturated heterocycles. The fraction of sp³-hybridized carbons (Fsp3) is 0.467. The second kappa shape index (κ2) is 6.35. The van der Waals surface area contributed by atoms with Crippen molar-refractivity contribution in [1.29, 1.82) is 0 Å². The molecule has 1 fully saturated rings. The summed E-state index contributed by atoms with van der Waals surface area (Å²) in [5.74, 6) is -0.122. The van der Waals surface area contributed by atoms with Crippen LogP contribution in [0.1, 0.15) is 19.4 Å². The first kappa shape index (κ1) is 15.6. The summed E-state index contributed by atoms with van der Waals surface area (Å²) in [5.41, 5.74) is 0.305. The van der Waals surface area contributed by atoms with Crippen LogP contribution in [0.3, 0.4) is 0 Å². The fourth-order valence-corrected chi connectivity index (χ4v) is 2.43. The van der Waals surface area contributed by atoms with Crippen LogP contribution in [0.15, 0.2) is 24.3 Å². The Balaban J connectivity index is 1.89. The first-order valence-electron chi connectivity index (χ1n) is 6.85. The molecule has 2 rings (SSSR count). The Morgan fingerprint density at radius 3 is 2.76 bits per heavy atom. The van der Waals surface area contributed by atoms with Crippen LogP contribution in [-0.2, 0) is 16.0 Å². The molecule has 1 N–H and O–H groups in total. The molecule has 2 amide bonds. The number of benzene rings is 1. The van der Waals surface area contributed by atoms with Crippen molar-refractivity contribution in [3.8, 4) is 0 Å². The van der Waals surface area contributed by atoms with E-state index in [9.17, 15) is 9.59 Å². The molecule has 0 unspecified atom stereocenters. The van der Waals surface area contributed by atoms with Crippen LogP contribution >= 0.6 is 11.6 Å². The molecule has 1 aliphatic rings. The van der Waals surface area contributed by atoms with Gasteiger partial charge in [0.05, 0.1) is 18.5 Å². The minimum Gasteiger partial charge on any atom is -0.448 e. The predicted octanol–water partition coefficient (Wildman–Crippen LogP) is 2.23. The van der Waals surface area contributed by atoms with Crippen LogP contribution < -0.4 is 5.32 Å². The number of amides is 2. The van der Waals surface area contributed by atoms with Crippen molar-refractivity contribution < 1.29 is 14.3 Å². The van der Waals surface area contributed by atoms with E-state index >= 15 is 0 Å². The smallest absolute Gasteiger partial charge is 0.410 e. The van der Waals surface area contributed by atoms with E-state index in [2.05, 4.69) is 5.32 Å². The highest BCUT2D eigenvalue weighted by Gasteiger charge is 2.35. The second-order valence-electron chi connectivity index (χ2n) is 5.62. The summed E-state index contributed by atoms with van der Waals surface area (Å²) in [4.78, 5) is 25.2. The molecule has 6 heteroatoms. The Morgan fingerprint density at radius 2 is 2.14 bits per heavy atom. The van der Waals surface area contributed by atoms with E-state index in [0.29, 0.717) is 24.7 Å². The van der Waals surface area contributed by atoms with Crippen molar-refractivity contribution in [3.63, 3.8) is 0 Å². The number of rotatable bonds is 5. The highest BCUT2D eigenvalue weighted by atomic mass is 35.5. The van der Waals surface area contributed by atoms with Crippen LogP contribution in [-0.4, -0.2) is 42.1 Å². The van der Waals surface area contributed by atoms with Gasteiger partial charge < -0.3 is 10.1 Å². The molecule has 0 aromatic heterocycles. The lowest BCUT2D eigenvalue weighted by Gasteiger charge is -2.33. The molecular formula is C15H19ClN2O3. The standard InChI is InChI=1S/C15H19ClN2O3/c1-15(2,18-7-8-21-14(18)20)10-17-13(19)9-11-5-3-4-6-12(11)16/h3-6H,7-10H2,1-2H3,(H,17,19). The van der Waals surface area contributed by atoms with E-state index in [1.165, 1.54) is 0 Å². The highest BCUT2D eigenvalue weighted by Crippen LogP contribution is 2.19. The van der Waals surface area contributed by atoms with Crippen molar-refractivity contribution in [2.75, 3.05) is 19.7 Å². The van der Waals surface area contributed by atoms with Gasteiger partial charge in [-0.2, -0.15) is 0 Å². The molecule has 0 bridgehead atoms. The monoisotopic (exact) mass is 310 g/mol. The van der Waals surface area contributed by atoms with Crippen LogP contribution in [0.4, 0.5) is 4.79 Å². The minimum atomic E-state index is -0.482. The summed E-state index contributed by atoms with van der Waals surface area (Å²) in [6.45, 7) is 5.11. The summed E-state index contributed by atoms with van der Waals surface area (Å²) >= 11 is 6.03. The van der Waals surface area contributed by atoms with Gasteiger partial charge in [-0.3, -0.25) is 9.69 Å². The molecule has 21 heavy (non-hydrogen) atoms. The molecule has 1 aromatic carbocycles. The number of carbonyl (C=O) groups excluding carboxylic acids is 2. The quantitative estimate of drug-likeness (QED) is 0.907. The fourth-order valence-electron chi connectivity index (χ4n) is 2.23. The molecule has 0 saturated carbocycles. The molecule has 1 aliphatic heterocycles. The first-order valence-corrected chi connectivity index (χ1v) is 7.22. The summed E-state index contributed by atoms with van der Waals surface area (Å²) in [7, 11) is 0. The summed E-state index contributed by atoms with van der Waals surface area (Å²) in [5, 5.41) is 3.43. The third kappa shape index (κ3) is 3.88. The van der Waals surface area contributed by atoms with Gasteiger partial charge in [0.25, 0.3) is 0 Å². The molecule has 114 valence electrons. The Bertz CT molecular complexity index is 545. The lowest BCUT2D eigenvalue weighted by molar-refractivity contribution is -0.120. The van der Waals surface area contributed by atoms with Crippen LogP contribution in [0.2, 0.25) is 5.02 Å². The van der Waals surface area contributed by atoms with E-state index in [0.717, 1.165) is 5.56 Å². The third-order valence-corrected chi connectivity index (χ3v) is 3.89.